The Morgan fingerprint density at radius 2 is 0.634 bits per heavy atom. The molecule has 12 aromatic rings. The topological polar surface area (TPSA) is 6.48 Å². The van der Waals surface area contributed by atoms with E-state index >= 15 is 0 Å². The molecule has 0 aliphatic heterocycles. The zero-order chi connectivity index (χ0) is 48.1. The lowest BCUT2D eigenvalue weighted by Crippen LogP contribution is -2.37. The highest BCUT2D eigenvalue weighted by molar-refractivity contribution is 6.88. The van der Waals surface area contributed by atoms with Crippen molar-refractivity contribution in [3.8, 4) is 44.5 Å². The van der Waals surface area contributed by atoms with Crippen molar-refractivity contribution in [1.82, 2.24) is 0 Å². The fourth-order valence-corrected chi connectivity index (χ4v) is 11.8. The molecule has 0 unspecified atom stereocenters. The molecule has 0 bridgehead atoms. The van der Waals surface area contributed by atoms with E-state index in [0.29, 0.717) is 0 Å². The Morgan fingerprint density at radius 3 is 1.03 bits per heavy atom. The van der Waals surface area contributed by atoms with Crippen LogP contribution in [0.2, 0.25) is 19.6 Å². The first-order valence-corrected chi connectivity index (χ1v) is 28.2. The van der Waals surface area contributed by atoms with E-state index in [9.17, 15) is 0 Å². The van der Waals surface area contributed by atoms with Gasteiger partial charge < -0.3 is 9.80 Å². The Bertz CT molecular complexity index is 3830. The number of benzene rings is 12. The highest BCUT2D eigenvalue weighted by Gasteiger charge is 2.27. The summed E-state index contributed by atoms with van der Waals surface area (Å²) in [6.07, 6.45) is 0. The number of anilines is 6. The first kappa shape index (κ1) is 43.8. The molecule has 2 nitrogen and oxygen atoms in total. The lowest BCUT2D eigenvalue weighted by atomic mass is 9.85. The normalized spacial score (nSPS) is 11.7. The molecule has 0 saturated carbocycles. The average Bonchev–Trinajstić information content (AvgIpc) is 3.42. The maximum Gasteiger partial charge on any atom is 0.0775 e. The molecular formula is C68H54N2Si. The maximum atomic E-state index is 2.51. The molecule has 0 radical (unpaired) electrons. The van der Waals surface area contributed by atoms with Crippen LogP contribution in [0.25, 0.3) is 76.8 Å². The highest BCUT2D eigenvalue weighted by Crippen LogP contribution is 2.52. The van der Waals surface area contributed by atoms with Crippen molar-refractivity contribution in [2.75, 3.05) is 9.80 Å². The van der Waals surface area contributed by atoms with E-state index in [1.807, 2.05) is 0 Å². The minimum Gasteiger partial charge on any atom is -0.310 e. The molecule has 0 amide bonds. The van der Waals surface area contributed by atoms with Crippen molar-refractivity contribution in [2.45, 2.75) is 26.6 Å². The second-order valence-electron chi connectivity index (χ2n) is 19.8. The third kappa shape index (κ3) is 8.14. The standard InChI is InChI=1S/C68H54N2Si/c1-47-31-33-54(34-32-47)69(56-29-17-27-52(43-56)48-19-9-5-10-20-48)65-45-63(50-23-13-7-14-24-50)59-40-42-62-66(46-64(51-25-15-8-16-26-51)60-39-41-61(65)67(59)68(60)62)70(55-35-37-58(38-36-55)71(2,3)4)57-30-18-28-53(44-57)49-21-11-6-12-22-49/h5-46H,1-4H3. The lowest BCUT2D eigenvalue weighted by molar-refractivity contribution is 1.29. The largest absolute Gasteiger partial charge is 0.310 e. The molecule has 0 aliphatic rings. The van der Waals surface area contributed by atoms with Crippen LogP contribution >= 0.6 is 0 Å². The number of nitrogens with zero attached hydrogens (tertiary/aromatic N) is 2. The predicted octanol–water partition coefficient (Wildman–Crippen LogP) is 19.0. The first-order chi connectivity index (χ1) is 34.8. The van der Waals surface area contributed by atoms with Crippen molar-refractivity contribution in [3.05, 3.63) is 260 Å². The molecule has 0 heterocycles. The molecule has 0 fully saturated rings. The number of hydrogen-bond donors (Lipinski definition) is 0. The van der Waals surface area contributed by atoms with Crippen molar-refractivity contribution < 1.29 is 0 Å². The van der Waals surface area contributed by atoms with Crippen molar-refractivity contribution in [1.29, 1.82) is 0 Å². The van der Waals surface area contributed by atoms with Gasteiger partial charge in [0, 0.05) is 44.3 Å². The molecule has 12 rings (SSSR count). The van der Waals surface area contributed by atoms with Crippen LogP contribution in [-0.4, -0.2) is 8.07 Å². The summed E-state index contributed by atoms with van der Waals surface area (Å²) >= 11 is 0. The molecule has 0 aliphatic carbocycles. The fraction of sp³-hybridized carbons (Fsp3) is 0.0588. The number of aryl methyl sites for hydroxylation is 1. The van der Waals surface area contributed by atoms with E-state index in [1.54, 1.807) is 0 Å². The smallest absolute Gasteiger partial charge is 0.0775 e. The van der Waals surface area contributed by atoms with E-state index < -0.39 is 8.07 Å². The van der Waals surface area contributed by atoms with Gasteiger partial charge in [-0.2, -0.15) is 0 Å². The summed E-state index contributed by atoms with van der Waals surface area (Å²) in [5, 5.41) is 8.78. The summed E-state index contributed by atoms with van der Waals surface area (Å²) in [6.45, 7) is 9.44. The van der Waals surface area contributed by atoms with Gasteiger partial charge in [-0.3, -0.25) is 0 Å². The lowest BCUT2D eigenvalue weighted by Gasteiger charge is -2.31. The van der Waals surface area contributed by atoms with Gasteiger partial charge in [-0.05, 0) is 123 Å². The molecule has 0 N–H and O–H groups in total. The molecular weight excluding hydrogens is 873 g/mol. The van der Waals surface area contributed by atoms with Crippen LogP contribution in [0, 0.1) is 6.92 Å². The molecule has 12 aromatic carbocycles. The van der Waals surface area contributed by atoms with Gasteiger partial charge in [-0.25, -0.2) is 0 Å². The van der Waals surface area contributed by atoms with Crippen molar-refractivity contribution in [3.63, 3.8) is 0 Å². The molecule has 0 aromatic heterocycles. The summed E-state index contributed by atoms with van der Waals surface area (Å²) in [7, 11) is -1.59. The van der Waals surface area contributed by atoms with Crippen molar-refractivity contribution >= 4 is 79.7 Å². The van der Waals surface area contributed by atoms with E-state index in [0.717, 1.165) is 34.1 Å². The maximum absolute atomic E-state index is 2.51. The van der Waals surface area contributed by atoms with Crippen LogP contribution in [-0.2, 0) is 0 Å². The summed E-state index contributed by atoms with van der Waals surface area (Å²) < 4.78 is 0. The van der Waals surface area contributed by atoms with Gasteiger partial charge >= 0.3 is 0 Å². The molecule has 71 heavy (non-hydrogen) atoms. The van der Waals surface area contributed by atoms with Crippen LogP contribution in [0.15, 0.2) is 255 Å². The van der Waals surface area contributed by atoms with Crippen LogP contribution in [0.5, 0.6) is 0 Å². The summed E-state index contributed by atoms with van der Waals surface area (Å²) in [5.41, 5.74) is 17.4. The van der Waals surface area contributed by atoms with Gasteiger partial charge in [0.15, 0.2) is 0 Å². The Labute approximate surface area is 418 Å². The Balaban J connectivity index is 1.20. The first-order valence-electron chi connectivity index (χ1n) is 24.7. The Kier molecular flexibility index (Phi) is 11.2. The number of hydrogen-bond acceptors (Lipinski definition) is 2. The van der Waals surface area contributed by atoms with Crippen LogP contribution in [0.3, 0.4) is 0 Å². The van der Waals surface area contributed by atoms with Gasteiger partial charge in [-0.1, -0.05) is 225 Å². The summed E-state index contributed by atoms with van der Waals surface area (Å²) in [5.74, 6) is 0. The molecule has 340 valence electrons. The summed E-state index contributed by atoms with van der Waals surface area (Å²) in [6, 6.07) is 94.3. The average molecular weight is 927 g/mol. The summed E-state index contributed by atoms with van der Waals surface area (Å²) in [4.78, 5) is 4.98. The predicted molar refractivity (Wildman–Crippen MR) is 309 cm³/mol. The quantitative estimate of drug-likeness (QED) is 0.0942. The van der Waals surface area contributed by atoms with Crippen LogP contribution in [0.1, 0.15) is 5.56 Å². The molecule has 0 atom stereocenters. The molecule has 0 spiro atoms. The van der Waals surface area contributed by atoms with Gasteiger partial charge in [0.05, 0.1) is 19.4 Å². The molecule has 0 saturated heterocycles. The van der Waals surface area contributed by atoms with E-state index in [2.05, 4.69) is 291 Å². The third-order valence-electron chi connectivity index (χ3n) is 14.2. The fourth-order valence-electron chi connectivity index (χ4n) is 10.6. The number of rotatable bonds is 11. The van der Waals surface area contributed by atoms with Gasteiger partial charge in [0.25, 0.3) is 0 Å². The zero-order valence-electron chi connectivity index (χ0n) is 40.6. The Hall–Kier alpha value is -8.50. The SMILES string of the molecule is Cc1ccc(N(c2cccc(-c3ccccc3)c2)c2cc(-c3ccccc3)c3ccc4c(N(c5ccc([Si](C)(C)C)cc5)c5cccc(-c6ccccc6)c5)cc(-c5ccccc5)c5ccc2c3c54)cc1. The second-order valence-corrected chi connectivity index (χ2v) is 24.9. The monoisotopic (exact) mass is 926 g/mol. The van der Waals surface area contributed by atoms with Crippen LogP contribution in [0.4, 0.5) is 34.1 Å². The van der Waals surface area contributed by atoms with E-state index in [-0.39, 0.29) is 0 Å². The molecule has 3 heteroatoms. The van der Waals surface area contributed by atoms with Crippen molar-refractivity contribution in [2.24, 2.45) is 0 Å². The highest BCUT2D eigenvalue weighted by atomic mass is 28.3. The van der Waals surface area contributed by atoms with Crippen LogP contribution < -0.4 is 15.0 Å². The van der Waals surface area contributed by atoms with Gasteiger partial charge in [0.1, 0.15) is 0 Å². The van der Waals surface area contributed by atoms with Gasteiger partial charge in [-0.15, -0.1) is 0 Å². The van der Waals surface area contributed by atoms with Gasteiger partial charge in [0.2, 0.25) is 0 Å². The second kappa shape index (κ2) is 18.1. The third-order valence-corrected chi connectivity index (χ3v) is 16.3. The zero-order valence-corrected chi connectivity index (χ0v) is 41.6. The minimum atomic E-state index is -1.59. The van der Waals surface area contributed by atoms with E-state index in [1.165, 1.54) is 87.6 Å². The Morgan fingerprint density at radius 1 is 0.282 bits per heavy atom. The van der Waals surface area contributed by atoms with E-state index in [4.69, 9.17) is 0 Å². The minimum absolute atomic E-state index is 1.10.